The molecule has 0 radical (unpaired) electrons. The fraction of sp³-hybridized carbons (Fsp3) is 0.667. The maximum absolute atomic E-state index is 12.7. The summed E-state index contributed by atoms with van der Waals surface area (Å²) in [7, 11) is 0. The fourth-order valence-corrected chi connectivity index (χ4v) is 4.50. The Morgan fingerprint density at radius 3 is 2.12 bits per heavy atom. The van der Waals surface area contributed by atoms with Crippen LogP contribution in [0.5, 0.6) is 17.2 Å². The zero-order valence-electron chi connectivity index (χ0n) is 15.6. The molecule has 2 fully saturated rings. The number of hydrogen-bond acceptors (Lipinski definition) is 4. The number of ketones is 1. The van der Waals surface area contributed by atoms with E-state index in [2.05, 4.69) is 0 Å². The maximum atomic E-state index is 12.7. The van der Waals surface area contributed by atoms with E-state index in [-0.39, 0.29) is 18.0 Å². The second kappa shape index (κ2) is 6.95. The number of benzene rings is 1. The van der Waals surface area contributed by atoms with Crippen LogP contribution in [0.2, 0.25) is 5.02 Å². The van der Waals surface area contributed by atoms with E-state index in [1.807, 2.05) is 13.8 Å². The van der Waals surface area contributed by atoms with Gasteiger partial charge in [-0.25, -0.2) is 0 Å². The molecule has 1 aromatic rings. The van der Waals surface area contributed by atoms with Crippen LogP contribution in [-0.2, 0) is 0 Å². The lowest BCUT2D eigenvalue weighted by atomic mass is 9.92. The zero-order valence-corrected chi connectivity index (χ0v) is 16.4. The monoisotopic (exact) mass is 378 g/mol. The first kappa shape index (κ1) is 18.0. The van der Waals surface area contributed by atoms with E-state index in [1.54, 1.807) is 6.07 Å². The van der Waals surface area contributed by atoms with E-state index < -0.39 is 5.60 Å². The van der Waals surface area contributed by atoms with Crippen molar-refractivity contribution in [3.8, 4) is 17.2 Å². The third-order valence-corrected chi connectivity index (χ3v) is 5.86. The summed E-state index contributed by atoms with van der Waals surface area (Å²) < 4.78 is 18.8. The molecule has 1 heterocycles. The lowest BCUT2D eigenvalue weighted by Gasteiger charge is -2.34. The lowest BCUT2D eigenvalue weighted by molar-refractivity contribution is 0.0570. The van der Waals surface area contributed by atoms with Crippen LogP contribution in [0.25, 0.3) is 0 Å². The molecule has 1 aromatic carbocycles. The van der Waals surface area contributed by atoms with Gasteiger partial charge in [-0.1, -0.05) is 11.6 Å². The second-order valence-corrected chi connectivity index (χ2v) is 8.81. The molecule has 3 aliphatic rings. The second-order valence-electron chi connectivity index (χ2n) is 8.40. The van der Waals surface area contributed by atoms with E-state index in [1.165, 1.54) is 12.8 Å². The summed E-state index contributed by atoms with van der Waals surface area (Å²) in [6.07, 6.45) is 9.39. The summed E-state index contributed by atoms with van der Waals surface area (Å²) in [4.78, 5) is 12.7. The minimum atomic E-state index is -0.559. The standard InChI is InChI=1S/C21H27ClO4/c1-21(2)12-17(23)15-11-16(22)19(24-13-7-3-4-8-13)20(18(15)26-21)25-14-9-5-6-10-14/h11,13-14H,3-10,12H2,1-2H3. The van der Waals surface area contributed by atoms with Crippen molar-refractivity contribution in [2.75, 3.05) is 0 Å². The maximum Gasteiger partial charge on any atom is 0.206 e. The Hall–Kier alpha value is -1.42. The van der Waals surface area contributed by atoms with Crippen molar-refractivity contribution in [2.45, 2.75) is 89.4 Å². The molecule has 0 bridgehead atoms. The van der Waals surface area contributed by atoms with Gasteiger partial charge in [-0.2, -0.15) is 0 Å². The number of halogens is 1. The predicted molar refractivity (Wildman–Crippen MR) is 101 cm³/mol. The number of carbonyl (C=O) groups is 1. The third-order valence-electron chi connectivity index (χ3n) is 5.58. The van der Waals surface area contributed by atoms with Crippen LogP contribution in [0.3, 0.4) is 0 Å². The molecule has 0 aromatic heterocycles. The minimum Gasteiger partial charge on any atom is -0.485 e. The Morgan fingerprint density at radius 2 is 1.54 bits per heavy atom. The van der Waals surface area contributed by atoms with Crippen molar-refractivity contribution in [1.82, 2.24) is 0 Å². The topological polar surface area (TPSA) is 44.8 Å². The molecule has 4 rings (SSSR count). The van der Waals surface area contributed by atoms with Gasteiger partial charge in [0, 0.05) is 0 Å². The zero-order chi connectivity index (χ0) is 18.3. The summed E-state index contributed by atoms with van der Waals surface area (Å²) in [6.45, 7) is 3.86. The van der Waals surface area contributed by atoms with Crippen LogP contribution in [0.15, 0.2) is 6.07 Å². The number of fused-ring (bicyclic) bond motifs is 1. The molecule has 26 heavy (non-hydrogen) atoms. The third kappa shape index (κ3) is 3.53. The largest absolute Gasteiger partial charge is 0.485 e. The van der Waals surface area contributed by atoms with E-state index in [9.17, 15) is 4.79 Å². The average Bonchev–Trinajstić information content (AvgIpc) is 3.25. The lowest BCUT2D eigenvalue weighted by Crippen LogP contribution is -2.36. The Morgan fingerprint density at radius 1 is 1.00 bits per heavy atom. The van der Waals surface area contributed by atoms with Crippen LogP contribution in [0.4, 0.5) is 0 Å². The molecule has 0 amide bonds. The molecule has 2 saturated carbocycles. The Kier molecular flexibility index (Phi) is 4.81. The molecule has 2 aliphatic carbocycles. The van der Waals surface area contributed by atoms with E-state index in [0.717, 1.165) is 38.5 Å². The summed E-state index contributed by atoms with van der Waals surface area (Å²) in [5.41, 5.74) is -0.0443. The number of carbonyl (C=O) groups excluding carboxylic acids is 1. The van der Waals surface area contributed by atoms with Crippen molar-refractivity contribution < 1.29 is 19.0 Å². The van der Waals surface area contributed by atoms with Gasteiger partial charge in [0.25, 0.3) is 0 Å². The molecule has 142 valence electrons. The number of rotatable bonds is 4. The first-order chi connectivity index (χ1) is 12.4. The smallest absolute Gasteiger partial charge is 0.206 e. The minimum absolute atomic E-state index is 0.0434. The van der Waals surface area contributed by atoms with Crippen LogP contribution in [0, 0.1) is 0 Å². The summed E-state index contributed by atoms with van der Waals surface area (Å²) in [5, 5.41) is 0.445. The van der Waals surface area contributed by atoms with Gasteiger partial charge in [0.05, 0.1) is 29.2 Å². The van der Waals surface area contributed by atoms with Gasteiger partial charge < -0.3 is 14.2 Å². The van der Waals surface area contributed by atoms with Gasteiger partial charge in [0.15, 0.2) is 17.3 Å². The van der Waals surface area contributed by atoms with Crippen molar-refractivity contribution >= 4 is 17.4 Å². The molecule has 5 heteroatoms. The number of Topliss-reactive ketones (excluding diaryl/α,β-unsaturated/α-hetero) is 1. The van der Waals surface area contributed by atoms with Gasteiger partial charge in [-0.3, -0.25) is 4.79 Å². The van der Waals surface area contributed by atoms with E-state index in [4.69, 9.17) is 25.8 Å². The van der Waals surface area contributed by atoms with Gasteiger partial charge >= 0.3 is 0 Å². The molecule has 0 spiro atoms. The van der Waals surface area contributed by atoms with Crippen LogP contribution < -0.4 is 14.2 Å². The summed E-state index contributed by atoms with van der Waals surface area (Å²) in [6, 6.07) is 1.69. The highest BCUT2D eigenvalue weighted by molar-refractivity contribution is 6.33. The summed E-state index contributed by atoms with van der Waals surface area (Å²) in [5.74, 6) is 1.64. The number of hydrogen-bond donors (Lipinski definition) is 0. The molecule has 0 N–H and O–H groups in total. The van der Waals surface area contributed by atoms with Gasteiger partial charge in [0.1, 0.15) is 5.60 Å². The SMILES string of the molecule is CC1(C)CC(=O)c2cc(Cl)c(OC3CCCC3)c(OC3CCCC3)c2O1. The molecule has 0 saturated heterocycles. The van der Waals surface area contributed by atoms with Crippen molar-refractivity contribution in [3.63, 3.8) is 0 Å². The normalized spacial score (nSPS) is 23.0. The molecule has 4 nitrogen and oxygen atoms in total. The first-order valence-corrected chi connectivity index (χ1v) is 10.2. The van der Waals surface area contributed by atoms with Gasteiger partial charge in [0.2, 0.25) is 5.75 Å². The molecule has 1 aliphatic heterocycles. The highest BCUT2D eigenvalue weighted by atomic mass is 35.5. The van der Waals surface area contributed by atoms with Crippen molar-refractivity contribution in [2.24, 2.45) is 0 Å². The molecule has 0 unspecified atom stereocenters. The predicted octanol–water partition coefficient (Wildman–Crippen LogP) is 5.73. The Labute approximate surface area is 160 Å². The summed E-state index contributed by atoms with van der Waals surface area (Å²) >= 11 is 6.55. The molecule has 0 atom stereocenters. The van der Waals surface area contributed by atoms with E-state index in [0.29, 0.717) is 34.3 Å². The van der Waals surface area contributed by atoms with Crippen LogP contribution >= 0.6 is 11.6 Å². The number of ether oxygens (including phenoxy) is 3. The highest BCUT2D eigenvalue weighted by Gasteiger charge is 2.38. The van der Waals surface area contributed by atoms with Crippen LogP contribution in [0.1, 0.15) is 82.0 Å². The molecular formula is C21H27ClO4. The average molecular weight is 379 g/mol. The van der Waals surface area contributed by atoms with Gasteiger partial charge in [-0.05, 0) is 71.3 Å². The van der Waals surface area contributed by atoms with Crippen molar-refractivity contribution in [1.29, 1.82) is 0 Å². The first-order valence-electron chi connectivity index (χ1n) is 9.85. The highest BCUT2D eigenvalue weighted by Crippen LogP contribution is 2.51. The fourth-order valence-electron chi connectivity index (χ4n) is 4.26. The van der Waals surface area contributed by atoms with Crippen molar-refractivity contribution in [3.05, 3.63) is 16.7 Å². The van der Waals surface area contributed by atoms with Gasteiger partial charge in [-0.15, -0.1) is 0 Å². The van der Waals surface area contributed by atoms with Crippen LogP contribution in [-0.4, -0.2) is 23.6 Å². The Bertz CT molecular complexity index is 700. The van der Waals surface area contributed by atoms with E-state index >= 15 is 0 Å². The Balaban J connectivity index is 1.77. The molecular weight excluding hydrogens is 352 g/mol. The quantitative estimate of drug-likeness (QED) is 0.671.